The molecule has 24 rings (SSSR count). The maximum atomic E-state index is 2.69. The lowest BCUT2D eigenvalue weighted by Crippen LogP contribution is -2.75. The number of benzene rings is 16. The minimum atomic E-state index is -3.18. The van der Waals surface area contributed by atoms with Crippen molar-refractivity contribution in [3.63, 3.8) is 0 Å². The molecule has 0 spiro atoms. The Labute approximate surface area is 696 Å². The molecule has 10 bridgehead atoms. The molecule has 118 heavy (non-hydrogen) atoms. The highest BCUT2D eigenvalue weighted by molar-refractivity contribution is 7.20. The average Bonchev–Trinajstić information content (AvgIpc) is 0.797. The fourth-order valence-corrected chi connectivity index (χ4v) is 30.3. The van der Waals surface area contributed by atoms with Crippen molar-refractivity contribution in [1.29, 1.82) is 0 Å². The minimum Gasteiger partial charge on any atom is -0.311 e. The Kier molecular flexibility index (Phi) is 16.8. The van der Waals surface area contributed by atoms with Crippen LogP contribution in [0.4, 0.5) is 34.1 Å². The molecule has 16 aromatic carbocycles. The van der Waals surface area contributed by atoms with Crippen molar-refractivity contribution >= 4 is 158 Å². The van der Waals surface area contributed by atoms with E-state index in [1.165, 1.54) is 130 Å². The molecule has 0 unspecified atom stereocenters. The van der Waals surface area contributed by atoms with E-state index in [2.05, 4.69) is 471 Å². The summed E-state index contributed by atoms with van der Waals surface area (Å²) >= 11 is 0. The van der Waals surface area contributed by atoms with Crippen molar-refractivity contribution in [2.24, 2.45) is 0 Å². The first kappa shape index (κ1) is 72.9. The Hall–Kier alpha value is -12.8. The van der Waals surface area contributed by atoms with Gasteiger partial charge in [0, 0.05) is 72.3 Å². The lowest BCUT2D eigenvalue weighted by Gasteiger charge is -2.46. The molecule has 7 heteroatoms. The zero-order chi connectivity index (χ0) is 80.4. The summed E-state index contributed by atoms with van der Waals surface area (Å²) in [5.74, 6) is 0. The van der Waals surface area contributed by atoms with E-state index in [1.54, 1.807) is 0 Å². The van der Waals surface area contributed by atoms with Crippen LogP contribution >= 0.6 is 0 Å². The molecular formula is C111H95BN4Si2. The predicted molar refractivity (Wildman–Crippen MR) is 510 cm³/mol. The summed E-state index contributed by atoms with van der Waals surface area (Å²) in [6.07, 6.45) is 0. The standard InChI is InChI=1S/C111H95BN4Si2/c1-108(2,3)75-51-63-100-91(66-75)93-68-77-52-64-101(93)115(100)81-69-104-106-105(70-81)116(80-55-53-78(54-56-80)113-99-62-50-76(109(4,5)6)67-92(99)94-72-95(110(7,8)9)96(73-103(94)113)111(77,10)11)107-90(74-34-19-12-20-35-74)48-33-49-97(107)112(106)98-71-89(118(85-42-27-16-28-43-85,86-44-29-17-30-45-86)87-46-31-18-32-47-87)61-65-102(98)114(104)79-57-59-88(60-58-79)117(82-36-21-13-22-37-82,83-38-23-14-24-39-83)84-40-25-15-26-41-84/h12-73H,1-11H3. The fraction of sp³-hybridized carbons (Fsp3) is 0.135. The number of anilines is 6. The number of rotatable bonds is 10. The fourth-order valence-electron chi connectivity index (χ4n) is 20.8. The predicted octanol–water partition coefficient (Wildman–Crippen LogP) is 20.9. The van der Waals surface area contributed by atoms with Crippen molar-refractivity contribution in [3.8, 4) is 22.5 Å². The van der Waals surface area contributed by atoms with Crippen LogP contribution in [0, 0.1) is 0 Å². The Morgan fingerprint density at radius 1 is 0.280 bits per heavy atom. The number of fused-ring (bicyclic) bond motifs is 7. The third-order valence-corrected chi connectivity index (χ3v) is 36.2. The van der Waals surface area contributed by atoms with Gasteiger partial charge in [0.1, 0.15) is 0 Å². The summed E-state index contributed by atoms with van der Waals surface area (Å²) in [5.41, 5.74) is 25.5. The van der Waals surface area contributed by atoms with Gasteiger partial charge in [0.15, 0.2) is 16.1 Å². The third-order valence-electron chi connectivity index (χ3n) is 26.6. The van der Waals surface area contributed by atoms with E-state index in [1.807, 2.05) is 0 Å². The van der Waals surface area contributed by atoms with Crippen LogP contribution < -0.4 is 67.7 Å². The lowest BCUT2D eigenvalue weighted by atomic mass is 9.33. The van der Waals surface area contributed by atoms with Crippen LogP contribution in [-0.4, -0.2) is 32.0 Å². The van der Waals surface area contributed by atoms with Crippen LogP contribution in [0.1, 0.15) is 104 Å². The molecule has 0 atom stereocenters. The first-order chi connectivity index (χ1) is 57.2. The lowest BCUT2D eigenvalue weighted by molar-refractivity contribution is 0.551. The first-order valence-electron chi connectivity index (χ1n) is 42.1. The van der Waals surface area contributed by atoms with Crippen LogP contribution in [0.15, 0.2) is 376 Å². The van der Waals surface area contributed by atoms with Crippen LogP contribution in [0.25, 0.3) is 66.1 Å². The molecule has 6 aliphatic heterocycles. The molecular weight excluding hydrogens is 1460 g/mol. The quantitative estimate of drug-likeness (QED) is 0.100. The number of nitrogens with zero attached hydrogens (tertiary/aromatic N) is 4. The molecule has 18 aromatic rings. The second-order valence-electron chi connectivity index (χ2n) is 36.8. The van der Waals surface area contributed by atoms with Gasteiger partial charge in [0.05, 0.1) is 27.8 Å². The molecule has 0 saturated carbocycles. The maximum Gasteiger partial charge on any atom is 0.252 e. The van der Waals surface area contributed by atoms with E-state index in [0.717, 1.165) is 56.4 Å². The van der Waals surface area contributed by atoms with E-state index in [-0.39, 0.29) is 23.0 Å². The van der Waals surface area contributed by atoms with Crippen molar-refractivity contribution in [3.05, 3.63) is 404 Å². The summed E-state index contributed by atoms with van der Waals surface area (Å²) < 4.78 is 5.20. The van der Waals surface area contributed by atoms with E-state index in [4.69, 9.17) is 0 Å². The first-order valence-corrected chi connectivity index (χ1v) is 46.1. The Bertz CT molecular complexity index is 6780. The van der Waals surface area contributed by atoms with Gasteiger partial charge in [-0.2, -0.15) is 0 Å². The highest BCUT2D eigenvalue weighted by Gasteiger charge is 2.49. The van der Waals surface area contributed by atoms with Gasteiger partial charge in [0.25, 0.3) is 6.71 Å². The maximum absolute atomic E-state index is 3.18. The molecule has 0 amide bonds. The van der Waals surface area contributed by atoms with Crippen molar-refractivity contribution < 1.29 is 0 Å². The summed E-state index contributed by atoms with van der Waals surface area (Å²) in [5, 5.41) is 15.7. The molecule has 570 valence electrons. The number of para-hydroxylation sites is 1. The van der Waals surface area contributed by atoms with Gasteiger partial charge in [0.2, 0.25) is 0 Å². The van der Waals surface area contributed by atoms with Crippen LogP contribution in [0.2, 0.25) is 0 Å². The Morgan fingerprint density at radius 3 is 1.16 bits per heavy atom. The van der Waals surface area contributed by atoms with Crippen molar-refractivity contribution in [2.45, 2.75) is 97.8 Å². The van der Waals surface area contributed by atoms with Crippen LogP contribution in [0.3, 0.4) is 0 Å². The van der Waals surface area contributed by atoms with Crippen molar-refractivity contribution in [1.82, 2.24) is 9.13 Å². The van der Waals surface area contributed by atoms with Gasteiger partial charge in [-0.3, -0.25) is 0 Å². The zero-order valence-electron chi connectivity index (χ0n) is 69.2. The normalized spacial score (nSPS) is 13.7. The topological polar surface area (TPSA) is 16.3 Å². The average molecular weight is 1550 g/mol. The monoisotopic (exact) mass is 1550 g/mol. The highest BCUT2D eigenvalue weighted by Crippen LogP contribution is 2.51. The number of aromatic nitrogens is 2. The van der Waals surface area contributed by atoms with E-state index in [0.29, 0.717) is 0 Å². The van der Waals surface area contributed by atoms with Crippen molar-refractivity contribution in [2.75, 3.05) is 9.80 Å². The largest absolute Gasteiger partial charge is 0.311 e. The minimum absolute atomic E-state index is 0.0656. The molecule has 2 aromatic heterocycles. The molecule has 0 fully saturated rings. The Balaban J connectivity index is 0.920. The molecule has 8 heterocycles. The van der Waals surface area contributed by atoms with Gasteiger partial charge < -0.3 is 18.9 Å². The summed E-state index contributed by atoms with van der Waals surface area (Å²) in [6.45, 7) is 26.0. The van der Waals surface area contributed by atoms with Gasteiger partial charge >= 0.3 is 0 Å². The smallest absolute Gasteiger partial charge is 0.252 e. The highest BCUT2D eigenvalue weighted by atomic mass is 28.3. The SMILES string of the molecule is CC(C)(C)c1ccc2c(c1)c1cc3ccc1n2-c1cc2c4c(c1)N(c1ccc(cc1)-n1c5ccc(C(C)(C)C)cc5c5cc(C(C)(C)C)c(cc51)C3(C)C)c1c(cccc1-c1ccccc1)B4c1cc([Si](c3ccccc3)(c3ccccc3)c3ccccc3)ccc1N2c1ccc([Si](c2ccccc2)(c2ccccc2)c2ccccc2)cc1. The van der Waals surface area contributed by atoms with E-state index in [9.17, 15) is 0 Å². The molecule has 0 saturated heterocycles. The zero-order valence-corrected chi connectivity index (χ0v) is 71.2. The molecule has 0 radical (unpaired) electrons. The summed E-state index contributed by atoms with van der Waals surface area (Å²) in [7, 11) is -6.17. The van der Waals surface area contributed by atoms with Gasteiger partial charge in [-0.15, -0.1) is 0 Å². The third kappa shape index (κ3) is 11.1. The molecule has 0 N–H and O–H groups in total. The van der Waals surface area contributed by atoms with Crippen LogP contribution in [-0.2, 0) is 21.7 Å². The van der Waals surface area contributed by atoms with Crippen LogP contribution in [0.5, 0.6) is 0 Å². The van der Waals surface area contributed by atoms with E-state index >= 15 is 0 Å². The summed E-state index contributed by atoms with van der Waals surface area (Å²) in [6, 6.07) is 147. The number of hydrogen-bond acceptors (Lipinski definition) is 2. The van der Waals surface area contributed by atoms with Gasteiger partial charge in [-0.05, 0) is 211 Å². The van der Waals surface area contributed by atoms with E-state index < -0.39 is 21.6 Å². The molecule has 0 aliphatic carbocycles. The second-order valence-corrected chi connectivity index (χ2v) is 44.4. The Morgan fingerprint density at radius 2 is 0.678 bits per heavy atom. The molecule has 4 nitrogen and oxygen atoms in total. The van der Waals surface area contributed by atoms with Gasteiger partial charge in [-0.25, -0.2) is 0 Å². The molecule has 6 aliphatic rings. The van der Waals surface area contributed by atoms with Gasteiger partial charge in [-0.1, -0.05) is 349 Å². The second kappa shape index (κ2) is 27.2. The number of hydrogen-bond donors (Lipinski definition) is 0. The summed E-state index contributed by atoms with van der Waals surface area (Å²) in [4.78, 5) is 5.35.